The maximum atomic E-state index is 13.0. The number of piperidine rings is 1. The second kappa shape index (κ2) is 8.71. The number of ether oxygens (including phenoxy) is 1. The van der Waals surface area contributed by atoms with E-state index in [0.29, 0.717) is 35.2 Å². The number of hydrogen-bond donors (Lipinski definition) is 1. The molecule has 1 aliphatic rings. The Bertz CT molecular complexity index is 643. The van der Waals surface area contributed by atoms with Crippen molar-refractivity contribution in [1.29, 1.82) is 0 Å². The first-order valence-corrected chi connectivity index (χ1v) is 9.59. The minimum Gasteiger partial charge on any atom is -0.465 e. The summed E-state index contributed by atoms with van der Waals surface area (Å²) in [6.45, 7) is 10.8. The van der Waals surface area contributed by atoms with Gasteiger partial charge in [-0.1, -0.05) is 6.92 Å². The van der Waals surface area contributed by atoms with Crippen molar-refractivity contribution in [2.24, 2.45) is 5.92 Å². The van der Waals surface area contributed by atoms with Crippen molar-refractivity contribution in [3.63, 3.8) is 0 Å². The predicted molar refractivity (Wildman–Crippen MR) is 103 cm³/mol. The molecule has 1 fully saturated rings. The third kappa shape index (κ3) is 4.29. The fourth-order valence-electron chi connectivity index (χ4n) is 3.61. The number of aromatic nitrogens is 1. The van der Waals surface area contributed by atoms with Gasteiger partial charge < -0.3 is 19.5 Å². The van der Waals surface area contributed by atoms with Gasteiger partial charge in [0.1, 0.15) is 5.69 Å². The lowest BCUT2D eigenvalue weighted by atomic mass is 9.95. The zero-order valence-electron chi connectivity index (χ0n) is 17.0. The zero-order valence-corrected chi connectivity index (χ0v) is 17.0. The minimum absolute atomic E-state index is 0.0111. The molecule has 1 aliphatic heterocycles. The van der Waals surface area contributed by atoms with Crippen LogP contribution in [0.5, 0.6) is 0 Å². The number of rotatable bonds is 6. The van der Waals surface area contributed by atoms with E-state index in [1.807, 2.05) is 18.7 Å². The molecule has 26 heavy (non-hydrogen) atoms. The summed E-state index contributed by atoms with van der Waals surface area (Å²) in [7, 11) is 3.53. The van der Waals surface area contributed by atoms with Crippen molar-refractivity contribution >= 4 is 11.9 Å². The standard InChI is InChI=1S/C20H33N3O3/c1-7-16-17(20(25)26-6)14(4)18(21-16)19(24)23-10-8-15(9-11-23)12-22(5)13(2)3/h13,15,21H,7-12H2,1-6H3. The van der Waals surface area contributed by atoms with Crippen LogP contribution in [0.3, 0.4) is 0 Å². The van der Waals surface area contributed by atoms with Crippen LogP contribution in [-0.2, 0) is 11.2 Å². The van der Waals surface area contributed by atoms with Crippen LogP contribution in [0.2, 0.25) is 0 Å². The van der Waals surface area contributed by atoms with Gasteiger partial charge in [0.05, 0.1) is 12.7 Å². The lowest BCUT2D eigenvalue weighted by molar-refractivity contribution is 0.0599. The SMILES string of the molecule is CCc1[nH]c(C(=O)N2CCC(CN(C)C(C)C)CC2)c(C)c1C(=O)OC. The number of amides is 1. The summed E-state index contributed by atoms with van der Waals surface area (Å²) < 4.78 is 4.88. The summed E-state index contributed by atoms with van der Waals surface area (Å²) >= 11 is 0. The molecule has 0 bridgehead atoms. The van der Waals surface area contributed by atoms with Crippen LogP contribution >= 0.6 is 0 Å². The van der Waals surface area contributed by atoms with Crippen LogP contribution in [0.1, 0.15) is 65.7 Å². The highest BCUT2D eigenvalue weighted by atomic mass is 16.5. The molecule has 0 unspecified atom stereocenters. The summed E-state index contributed by atoms with van der Waals surface area (Å²) in [6, 6.07) is 0.542. The topological polar surface area (TPSA) is 65.6 Å². The molecular formula is C20H33N3O3. The number of H-pyrrole nitrogens is 1. The van der Waals surface area contributed by atoms with Crippen molar-refractivity contribution in [1.82, 2.24) is 14.8 Å². The lowest BCUT2D eigenvalue weighted by Gasteiger charge is -2.34. The number of esters is 1. The van der Waals surface area contributed by atoms with Crippen molar-refractivity contribution < 1.29 is 14.3 Å². The monoisotopic (exact) mass is 363 g/mol. The molecule has 0 saturated carbocycles. The molecule has 1 aromatic heterocycles. The summed E-state index contributed by atoms with van der Waals surface area (Å²) in [5.41, 5.74) is 2.50. The van der Waals surface area contributed by atoms with Crippen molar-refractivity contribution in [3.8, 4) is 0 Å². The fourth-order valence-corrected chi connectivity index (χ4v) is 3.61. The Morgan fingerprint density at radius 1 is 1.31 bits per heavy atom. The fraction of sp³-hybridized carbons (Fsp3) is 0.700. The quantitative estimate of drug-likeness (QED) is 0.789. The van der Waals surface area contributed by atoms with Crippen LogP contribution in [0.15, 0.2) is 0 Å². The molecule has 2 heterocycles. The van der Waals surface area contributed by atoms with Gasteiger partial charge >= 0.3 is 5.97 Å². The van der Waals surface area contributed by atoms with Gasteiger partial charge in [-0.25, -0.2) is 4.79 Å². The average Bonchev–Trinajstić information content (AvgIpc) is 2.97. The van der Waals surface area contributed by atoms with E-state index in [2.05, 4.69) is 30.8 Å². The maximum Gasteiger partial charge on any atom is 0.339 e. The Hall–Kier alpha value is -1.82. The molecule has 0 aromatic carbocycles. The molecule has 1 aromatic rings. The number of nitrogens with zero attached hydrogens (tertiary/aromatic N) is 2. The Morgan fingerprint density at radius 2 is 1.92 bits per heavy atom. The van der Waals surface area contributed by atoms with Gasteiger partial charge in [-0.05, 0) is 58.6 Å². The lowest BCUT2D eigenvalue weighted by Crippen LogP contribution is -2.42. The number of aryl methyl sites for hydroxylation is 1. The highest BCUT2D eigenvalue weighted by Gasteiger charge is 2.29. The van der Waals surface area contributed by atoms with Crippen LogP contribution in [0.4, 0.5) is 0 Å². The first-order chi connectivity index (χ1) is 12.3. The van der Waals surface area contributed by atoms with Gasteiger partial charge in [-0.15, -0.1) is 0 Å². The average molecular weight is 364 g/mol. The largest absolute Gasteiger partial charge is 0.465 e. The number of carbonyl (C=O) groups is 2. The van der Waals surface area contributed by atoms with E-state index >= 15 is 0 Å². The minimum atomic E-state index is -0.384. The molecular weight excluding hydrogens is 330 g/mol. The predicted octanol–water partition coefficient (Wildman–Crippen LogP) is 2.86. The smallest absolute Gasteiger partial charge is 0.339 e. The van der Waals surface area contributed by atoms with Gasteiger partial charge in [-0.2, -0.15) is 0 Å². The van der Waals surface area contributed by atoms with Crippen LogP contribution in [0.25, 0.3) is 0 Å². The molecule has 1 amide bonds. The zero-order chi connectivity index (χ0) is 19.4. The second-order valence-electron chi connectivity index (χ2n) is 7.59. The number of methoxy groups -OCH3 is 1. The van der Waals surface area contributed by atoms with Gasteiger partial charge in [0.15, 0.2) is 0 Å². The molecule has 6 nitrogen and oxygen atoms in total. The van der Waals surface area contributed by atoms with E-state index < -0.39 is 0 Å². The van der Waals surface area contributed by atoms with Crippen molar-refractivity contribution in [2.45, 2.75) is 53.0 Å². The van der Waals surface area contributed by atoms with Crippen molar-refractivity contribution in [2.75, 3.05) is 33.8 Å². The Morgan fingerprint density at radius 3 is 2.42 bits per heavy atom. The Labute approximate surface area is 156 Å². The molecule has 0 aliphatic carbocycles. The molecule has 0 radical (unpaired) electrons. The number of likely N-dealkylation sites (tertiary alicyclic amines) is 1. The van der Waals surface area contributed by atoms with E-state index in [1.54, 1.807) is 0 Å². The number of nitrogens with one attached hydrogen (secondary N) is 1. The highest BCUT2D eigenvalue weighted by Crippen LogP contribution is 2.24. The summed E-state index contributed by atoms with van der Waals surface area (Å²) in [5.74, 6) is 0.237. The normalized spacial score (nSPS) is 15.8. The first kappa shape index (κ1) is 20.5. The molecule has 0 spiro atoms. The Kier molecular flexibility index (Phi) is 6.87. The summed E-state index contributed by atoms with van der Waals surface area (Å²) in [6.07, 6.45) is 2.70. The van der Waals surface area contributed by atoms with E-state index in [-0.39, 0.29) is 11.9 Å². The summed E-state index contributed by atoms with van der Waals surface area (Å²) in [5, 5.41) is 0. The number of carbonyl (C=O) groups excluding carboxylic acids is 2. The van der Waals surface area contributed by atoms with E-state index in [9.17, 15) is 9.59 Å². The molecule has 6 heteroatoms. The third-order valence-electron chi connectivity index (χ3n) is 5.61. The van der Waals surface area contributed by atoms with Gasteiger partial charge in [-0.3, -0.25) is 4.79 Å². The van der Waals surface area contributed by atoms with E-state index in [4.69, 9.17) is 4.74 Å². The van der Waals surface area contributed by atoms with Crippen molar-refractivity contribution in [3.05, 3.63) is 22.5 Å². The van der Waals surface area contributed by atoms with Crippen LogP contribution in [-0.4, -0.2) is 66.5 Å². The molecule has 146 valence electrons. The molecule has 2 rings (SSSR count). The van der Waals surface area contributed by atoms with Crippen LogP contribution in [0, 0.1) is 12.8 Å². The highest BCUT2D eigenvalue weighted by molar-refractivity contribution is 6.00. The number of hydrogen-bond acceptors (Lipinski definition) is 4. The van der Waals surface area contributed by atoms with Crippen LogP contribution < -0.4 is 0 Å². The van der Waals surface area contributed by atoms with Gasteiger partial charge in [0.2, 0.25) is 0 Å². The molecule has 1 saturated heterocycles. The Balaban J connectivity index is 2.07. The van der Waals surface area contributed by atoms with E-state index in [1.165, 1.54) is 7.11 Å². The first-order valence-electron chi connectivity index (χ1n) is 9.59. The van der Waals surface area contributed by atoms with Gasteiger partial charge in [0.25, 0.3) is 5.91 Å². The number of aromatic amines is 1. The molecule has 1 N–H and O–H groups in total. The molecule has 0 atom stereocenters. The van der Waals surface area contributed by atoms with E-state index in [0.717, 1.165) is 38.2 Å². The third-order valence-corrected chi connectivity index (χ3v) is 5.61. The maximum absolute atomic E-state index is 13.0. The summed E-state index contributed by atoms with van der Waals surface area (Å²) in [4.78, 5) is 32.5. The van der Waals surface area contributed by atoms with Gasteiger partial charge in [0, 0.05) is 31.4 Å². The second-order valence-corrected chi connectivity index (χ2v) is 7.59.